The van der Waals surface area contributed by atoms with E-state index in [0.29, 0.717) is 29.1 Å². The van der Waals surface area contributed by atoms with Crippen molar-refractivity contribution in [1.29, 1.82) is 0 Å². The van der Waals surface area contributed by atoms with Crippen LogP contribution >= 0.6 is 0 Å². The molecule has 1 amide bonds. The number of furan rings is 1. The largest absolute Gasteiger partial charge is 0.497 e. The zero-order valence-corrected chi connectivity index (χ0v) is 18.9. The predicted octanol–water partition coefficient (Wildman–Crippen LogP) is 6.83. The third-order valence-corrected chi connectivity index (χ3v) is 5.34. The van der Waals surface area contributed by atoms with Gasteiger partial charge >= 0.3 is 0 Å². The van der Waals surface area contributed by atoms with Gasteiger partial charge in [0.05, 0.1) is 20.0 Å². The summed E-state index contributed by atoms with van der Waals surface area (Å²) in [5.41, 5.74) is 3.99. The number of allylic oxidation sites excluding steroid dienone is 1. The topological polar surface area (TPSA) is 60.7 Å². The zero-order chi connectivity index (χ0) is 24.2. The van der Waals surface area contributed by atoms with Crippen LogP contribution < -0.4 is 14.8 Å². The van der Waals surface area contributed by atoms with Crippen LogP contribution in [0.2, 0.25) is 0 Å². The fourth-order valence-corrected chi connectivity index (χ4v) is 3.66. The number of carbonyl (C=O) groups is 1. The van der Waals surface area contributed by atoms with E-state index in [1.807, 2.05) is 37.3 Å². The maximum atomic E-state index is 13.5. The number of methoxy groups -OCH3 is 1. The van der Waals surface area contributed by atoms with Crippen molar-refractivity contribution in [2.45, 2.75) is 13.8 Å². The molecule has 0 aliphatic heterocycles. The fraction of sp³-hybridized carbons (Fsp3) is 0.148. The Hall–Kier alpha value is -4.13. The number of rotatable bonds is 7. The Morgan fingerprint density at radius 3 is 2.50 bits per heavy atom. The molecule has 1 heterocycles. The first-order chi connectivity index (χ1) is 16.4. The molecule has 1 aromatic heterocycles. The number of ether oxygens (including phenoxy) is 2. The van der Waals surface area contributed by atoms with Gasteiger partial charge in [-0.3, -0.25) is 4.79 Å². The molecule has 4 rings (SSSR count). The Morgan fingerprint density at radius 2 is 1.82 bits per heavy atom. The van der Waals surface area contributed by atoms with Crippen LogP contribution in [0.15, 0.2) is 71.4 Å². The van der Waals surface area contributed by atoms with E-state index in [1.165, 1.54) is 12.1 Å². The molecular formula is C27H23F2NO4. The second-order valence-corrected chi connectivity index (χ2v) is 7.60. The van der Waals surface area contributed by atoms with Crippen molar-refractivity contribution in [2.24, 2.45) is 0 Å². The highest BCUT2D eigenvalue weighted by atomic mass is 19.2. The molecule has 0 aliphatic carbocycles. The predicted molar refractivity (Wildman–Crippen MR) is 128 cm³/mol. The number of halogens is 2. The molecule has 7 heteroatoms. The van der Waals surface area contributed by atoms with E-state index in [1.54, 1.807) is 26.4 Å². The Kier molecular flexibility index (Phi) is 6.63. The number of nitrogens with one attached hydrogen (secondary N) is 1. The van der Waals surface area contributed by atoms with Crippen LogP contribution in [0.1, 0.15) is 19.4 Å². The van der Waals surface area contributed by atoms with Crippen LogP contribution in [0.5, 0.6) is 11.5 Å². The van der Waals surface area contributed by atoms with Crippen LogP contribution in [0, 0.1) is 11.6 Å². The lowest BCUT2D eigenvalue weighted by Gasteiger charge is -2.12. The van der Waals surface area contributed by atoms with Crippen molar-refractivity contribution in [3.63, 3.8) is 0 Å². The first kappa shape index (κ1) is 23.0. The van der Waals surface area contributed by atoms with Gasteiger partial charge in [0.2, 0.25) is 5.91 Å². The lowest BCUT2D eigenvalue weighted by atomic mass is 9.99. The maximum Gasteiger partial charge on any atom is 0.248 e. The van der Waals surface area contributed by atoms with Gasteiger partial charge in [-0.2, -0.15) is 0 Å². The number of hydrogen-bond acceptors (Lipinski definition) is 4. The van der Waals surface area contributed by atoms with E-state index in [0.717, 1.165) is 34.4 Å². The monoisotopic (exact) mass is 463 g/mol. The van der Waals surface area contributed by atoms with Gasteiger partial charge in [-0.25, -0.2) is 8.78 Å². The molecule has 0 spiro atoms. The second-order valence-electron chi connectivity index (χ2n) is 7.60. The van der Waals surface area contributed by atoms with Gasteiger partial charge in [-0.15, -0.1) is 0 Å². The van der Waals surface area contributed by atoms with Gasteiger partial charge in [0.25, 0.3) is 0 Å². The first-order valence-corrected chi connectivity index (χ1v) is 10.7. The summed E-state index contributed by atoms with van der Waals surface area (Å²) in [5, 5.41) is 3.41. The van der Waals surface area contributed by atoms with Crippen LogP contribution in [0.25, 0.3) is 27.7 Å². The quantitative estimate of drug-likeness (QED) is 0.305. The van der Waals surface area contributed by atoms with Crippen LogP contribution in [-0.4, -0.2) is 19.6 Å². The summed E-state index contributed by atoms with van der Waals surface area (Å²) >= 11 is 0. The minimum atomic E-state index is -1.03. The normalized spacial score (nSPS) is 11.5. The third kappa shape index (κ3) is 4.78. The lowest BCUT2D eigenvalue weighted by molar-refractivity contribution is -0.111. The fourth-order valence-electron chi connectivity index (χ4n) is 3.66. The Labute approximate surface area is 195 Å². The maximum absolute atomic E-state index is 13.5. The number of benzene rings is 3. The Morgan fingerprint density at radius 1 is 1.06 bits per heavy atom. The first-order valence-electron chi connectivity index (χ1n) is 10.7. The average molecular weight is 463 g/mol. The van der Waals surface area contributed by atoms with Crippen molar-refractivity contribution in [3.8, 4) is 22.6 Å². The molecule has 0 radical (unpaired) electrons. The average Bonchev–Trinajstić information content (AvgIpc) is 3.24. The highest BCUT2D eigenvalue weighted by Crippen LogP contribution is 2.38. The van der Waals surface area contributed by atoms with E-state index >= 15 is 0 Å². The third-order valence-electron chi connectivity index (χ3n) is 5.34. The van der Waals surface area contributed by atoms with Crippen molar-refractivity contribution >= 4 is 28.1 Å². The second kappa shape index (κ2) is 9.79. The molecule has 0 unspecified atom stereocenters. The molecule has 0 fully saturated rings. The van der Waals surface area contributed by atoms with Crippen molar-refractivity contribution < 1.29 is 27.5 Å². The van der Waals surface area contributed by atoms with Gasteiger partial charge in [-0.05, 0) is 55.3 Å². The van der Waals surface area contributed by atoms with Crippen molar-refractivity contribution in [2.75, 3.05) is 19.0 Å². The molecule has 5 nitrogen and oxygen atoms in total. The molecule has 0 atom stereocenters. The Balaban J connectivity index is 1.70. The number of hydrogen-bond donors (Lipinski definition) is 1. The lowest BCUT2D eigenvalue weighted by Crippen LogP contribution is -2.09. The van der Waals surface area contributed by atoms with E-state index < -0.39 is 17.5 Å². The summed E-state index contributed by atoms with van der Waals surface area (Å²) in [6.45, 7) is 4.08. The van der Waals surface area contributed by atoms with Crippen LogP contribution in [0.3, 0.4) is 0 Å². The molecule has 34 heavy (non-hydrogen) atoms. The van der Waals surface area contributed by atoms with Crippen LogP contribution in [0.4, 0.5) is 14.5 Å². The summed E-state index contributed by atoms with van der Waals surface area (Å²) in [6.07, 6.45) is 3.07. The molecule has 1 N–H and O–H groups in total. The van der Waals surface area contributed by atoms with E-state index in [2.05, 4.69) is 5.32 Å². The Bertz CT molecular complexity index is 1370. The van der Waals surface area contributed by atoms with Crippen LogP contribution in [-0.2, 0) is 4.79 Å². The zero-order valence-electron chi connectivity index (χ0n) is 18.9. The van der Waals surface area contributed by atoms with Gasteiger partial charge in [0.15, 0.2) is 11.6 Å². The summed E-state index contributed by atoms with van der Waals surface area (Å²) in [7, 11) is 1.61. The molecule has 174 valence electrons. The summed E-state index contributed by atoms with van der Waals surface area (Å²) in [6, 6.07) is 14.5. The highest BCUT2D eigenvalue weighted by molar-refractivity contribution is 6.05. The molecular weight excluding hydrogens is 440 g/mol. The minimum Gasteiger partial charge on any atom is -0.497 e. The summed E-state index contributed by atoms with van der Waals surface area (Å²) in [5.74, 6) is -1.17. The van der Waals surface area contributed by atoms with E-state index in [9.17, 15) is 13.6 Å². The minimum absolute atomic E-state index is 0.157. The standard InChI is InChI=1S/C27H23F2NO4/c1-4-33-25-14-26-21(22(15-34-26)17-5-8-19(32-3)9-6-17)13-20(25)16(2)11-27(31)30-18-7-10-23(28)24(29)12-18/h5-15H,4H2,1-3H3,(H,30,31)/b16-11+. The number of fused-ring (bicyclic) bond motifs is 1. The van der Waals surface area contributed by atoms with Crippen molar-refractivity contribution in [3.05, 3.63) is 84.1 Å². The molecule has 3 aromatic carbocycles. The smallest absolute Gasteiger partial charge is 0.248 e. The summed E-state index contributed by atoms with van der Waals surface area (Å²) < 4.78 is 43.4. The van der Waals surface area contributed by atoms with Gasteiger partial charge in [0, 0.05) is 40.4 Å². The van der Waals surface area contributed by atoms with Gasteiger partial charge < -0.3 is 19.2 Å². The van der Waals surface area contributed by atoms with Crippen molar-refractivity contribution in [1.82, 2.24) is 0 Å². The molecule has 0 saturated heterocycles. The summed E-state index contributed by atoms with van der Waals surface area (Å²) in [4.78, 5) is 12.5. The van der Waals surface area contributed by atoms with E-state index in [-0.39, 0.29) is 5.69 Å². The molecule has 0 saturated carbocycles. The molecule has 0 aliphatic rings. The number of carbonyl (C=O) groups excluding carboxylic acids is 1. The molecule has 4 aromatic rings. The number of amides is 1. The molecule has 0 bridgehead atoms. The number of anilines is 1. The van der Waals surface area contributed by atoms with E-state index in [4.69, 9.17) is 13.9 Å². The SMILES string of the molecule is CCOc1cc2occ(-c3ccc(OC)cc3)c2cc1/C(C)=C/C(=O)Nc1ccc(F)c(F)c1. The van der Waals surface area contributed by atoms with Gasteiger partial charge in [0.1, 0.15) is 17.1 Å². The highest BCUT2D eigenvalue weighted by Gasteiger charge is 2.16. The van der Waals surface area contributed by atoms with Gasteiger partial charge in [-0.1, -0.05) is 12.1 Å².